The van der Waals surface area contributed by atoms with E-state index >= 15 is 0 Å². The van der Waals surface area contributed by atoms with Gasteiger partial charge in [0.25, 0.3) is 0 Å². The first-order chi connectivity index (χ1) is 9.52. The lowest BCUT2D eigenvalue weighted by Crippen LogP contribution is -2.30. The van der Waals surface area contributed by atoms with Crippen molar-refractivity contribution in [2.24, 2.45) is 5.92 Å². The van der Waals surface area contributed by atoms with Crippen LogP contribution in [-0.2, 0) is 0 Å². The van der Waals surface area contributed by atoms with Crippen molar-refractivity contribution in [2.45, 2.75) is 117 Å². The number of rotatable bonds is 14. The van der Waals surface area contributed by atoms with Gasteiger partial charge < -0.3 is 5.11 Å². The molecule has 1 nitrogen and oxygen atoms in total. The maximum absolute atomic E-state index is 10.3. The Morgan fingerprint density at radius 2 is 1.00 bits per heavy atom. The van der Waals surface area contributed by atoms with Gasteiger partial charge in [-0.1, -0.05) is 84.5 Å². The molecule has 0 radical (unpaired) electrons. The zero-order valence-corrected chi connectivity index (χ0v) is 14.7. The van der Waals surface area contributed by atoms with Gasteiger partial charge in [-0.15, -0.1) is 0 Å². The molecule has 0 aromatic heterocycles. The zero-order valence-electron chi connectivity index (χ0n) is 14.7. The lowest BCUT2D eigenvalue weighted by molar-refractivity contribution is 0.00716. The smallest absolute Gasteiger partial charge is 0.0619 e. The first-order valence-corrected chi connectivity index (χ1v) is 9.24. The molecular formula is C19H40O. The lowest BCUT2D eigenvalue weighted by atomic mass is 9.82. The second-order valence-corrected chi connectivity index (χ2v) is 7.11. The lowest BCUT2D eigenvalue weighted by Gasteiger charge is -2.29. The third kappa shape index (κ3) is 11.8. The summed E-state index contributed by atoms with van der Waals surface area (Å²) in [6.07, 6.45) is 17.2. The van der Waals surface area contributed by atoms with Crippen LogP contribution in [0.2, 0.25) is 0 Å². The fraction of sp³-hybridized carbons (Fsp3) is 1.00. The standard InChI is InChI=1S/C19H40O/c1-5-7-9-11-13-15-17-18(19(3,4)20)16-14-12-10-8-6-2/h18,20H,5-17H2,1-4H3. The first kappa shape index (κ1) is 20.0. The quantitative estimate of drug-likeness (QED) is 0.362. The molecule has 1 atom stereocenters. The third-order valence-corrected chi connectivity index (χ3v) is 4.56. The van der Waals surface area contributed by atoms with Gasteiger partial charge in [0.1, 0.15) is 0 Å². The average Bonchev–Trinajstić information content (AvgIpc) is 2.38. The van der Waals surface area contributed by atoms with Gasteiger partial charge in [-0.25, -0.2) is 0 Å². The van der Waals surface area contributed by atoms with E-state index in [1.54, 1.807) is 0 Å². The van der Waals surface area contributed by atoms with Crippen LogP contribution in [0.15, 0.2) is 0 Å². The minimum Gasteiger partial charge on any atom is -0.390 e. The Kier molecular flexibility index (Phi) is 12.7. The van der Waals surface area contributed by atoms with Crippen LogP contribution in [0.1, 0.15) is 111 Å². The summed E-state index contributed by atoms with van der Waals surface area (Å²) in [4.78, 5) is 0. The van der Waals surface area contributed by atoms with Crippen molar-refractivity contribution in [1.82, 2.24) is 0 Å². The van der Waals surface area contributed by atoms with Gasteiger partial charge >= 0.3 is 0 Å². The maximum atomic E-state index is 10.3. The van der Waals surface area contributed by atoms with Crippen LogP contribution in [-0.4, -0.2) is 10.7 Å². The molecular weight excluding hydrogens is 244 g/mol. The van der Waals surface area contributed by atoms with Crippen molar-refractivity contribution in [2.75, 3.05) is 0 Å². The van der Waals surface area contributed by atoms with Crippen molar-refractivity contribution < 1.29 is 5.11 Å². The SMILES string of the molecule is CCCCCCCCC(CCCCCCC)C(C)(C)O. The molecule has 1 N–H and O–H groups in total. The molecule has 0 aliphatic heterocycles. The van der Waals surface area contributed by atoms with Gasteiger partial charge in [-0.2, -0.15) is 0 Å². The summed E-state index contributed by atoms with van der Waals surface area (Å²) in [6.45, 7) is 8.53. The predicted molar refractivity (Wildman–Crippen MR) is 91.2 cm³/mol. The van der Waals surface area contributed by atoms with Gasteiger partial charge in [-0.05, 0) is 32.6 Å². The zero-order chi connectivity index (χ0) is 15.3. The number of hydrogen-bond acceptors (Lipinski definition) is 1. The van der Waals surface area contributed by atoms with Crippen molar-refractivity contribution in [3.63, 3.8) is 0 Å². The van der Waals surface area contributed by atoms with Gasteiger partial charge in [-0.3, -0.25) is 0 Å². The van der Waals surface area contributed by atoms with E-state index in [2.05, 4.69) is 13.8 Å². The second kappa shape index (κ2) is 12.7. The van der Waals surface area contributed by atoms with Crippen LogP contribution < -0.4 is 0 Å². The van der Waals surface area contributed by atoms with E-state index in [-0.39, 0.29) is 0 Å². The van der Waals surface area contributed by atoms with E-state index in [4.69, 9.17) is 0 Å². The fourth-order valence-corrected chi connectivity index (χ4v) is 3.02. The van der Waals surface area contributed by atoms with Crippen LogP contribution in [0.3, 0.4) is 0 Å². The van der Waals surface area contributed by atoms with E-state index in [9.17, 15) is 5.11 Å². The molecule has 0 bridgehead atoms. The van der Waals surface area contributed by atoms with Gasteiger partial charge in [0, 0.05) is 0 Å². The minimum absolute atomic E-state index is 0.492. The Labute approximate surface area is 128 Å². The molecule has 0 amide bonds. The Morgan fingerprint density at radius 1 is 0.650 bits per heavy atom. The third-order valence-electron chi connectivity index (χ3n) is 4.56. The molecule has 122 valence electrons. The molecule has 1 heteroatoms. The highest BCUT2D eigenvalue weighted by Crippen LogP contribution is 2.28. The molecule has 0 fully saturated rings. The predicted octanol–water partition coefficient (Wildman–Crippen LogP) is 6.48. The molecule has 0 saturated carbocycles. The summed E-state index contributed by atoms with van der Waals surface area (Å²) in [7, 11) is 0. The molecule has 0 rings (SSSR count). The molecule has 0 aliphatic carbocycles. The molecule has 20 heavy (non-hydrogen) atoms. The number of aliphatic hydroxyl groups is 1. The summed E-state index contributed by atoms with van der Waals surface area (Å²) in [6, 6.07) is 0. The topological polar surface area (TPSA) is 20.2 Å². The van der Waals surface area contributed by atoms with Crippen LogP contribution in [0.25, 0.3) is 0 Å². The molecule has 0 aliphatic rings. The largest absolute Gasteiger partial charge is 0.390 e. The Morgan fingerprint density at radius 3 is 1.35 bits per heavy atom. The molecule has 0 aromatic carbocycles. The van der Waals surface area contributed by atoms with Crippen molar-refractivity contribution >= 4 is 0 Å². The van der Waals surface area contributed by atoms with Crippen LogP contribution >= 0.6 is 0 Å². The van der Waals surface area contributed by atoms with E-state index < -0.39 is 5.60 Å². The molecule has 1 unspecified atom stereocenters. The summed E-state index contributed by atoms with van der Waals surface area (Å²) in [5.74, 6) is 0.496. The van der Waals surface area contributed by atoms with Crippen molar-refractivity contribution in [3.8, 4) is 0 Å². The van der Waals surface area contributed by atoms with Crippen LogP contribution in [0.5, 0.6) is 0 Å². The summed E-state index contributed by atoms with van der Waals surface area (Å²) >= 11 is 0. The maximum Gasteiger partial charge on any atom is 0.0619 e. The summed E-state index contributed by atoms with van der Waals surface area (Å²) < 4.78 is 0. The highest BCUT2D eigenvalue weighted by Gasteiger charge is 2.25. The first-order valence-electron chi connectivity index (χ1n) is 9.24. The Balaban J connectivity index is 3.75. The van der Waals surface area contributed by atoms with E-state index in [1.165, 1.54) is 83.5 Å². The summed E-state index contributed by atoms with van der Waals surface area (Å²) in [5.41, 5.74) is -0.492. The number of unbranched alkanes of at least 4 members (excludes halogenated alkanes) is 9. The van der Waals surface area contributed by atoms with Crippen molar-refractivity contribution in [1.29, 1.82) is 0 Å². The van der Waals surface area contributed by atoms with E-state index in [0.717, 1.165) is 0 Å². The normalized spacial score (nSPS) is 13.7. The highest BCUT2D eigenvalue weighted by molar-refractivity contribution is 4.77. The van der Waals surface area contributed by atoms with Crippen LogP contribution in [0, 0.1) is 5.92 Å². The average molecular weight is 285 g/mol. The molecule has 0 spiro atoms. The Hall–Kier alpha value is -0.0400. The number of hydrogen-bond donors (Lipinski definition) is 1. The van der Waals surface area contributed by atoms with Gasteiger partial charge in [0.15, 0.2) is 0 Å². The van der Waals surface area contributed by atoms with Gasteiger partial charge in [0.05, 0.1) is 5.60 Å². The Bertz CT molecular complexity index is 192. The molecule has 0 aromatic rings. The van der Waals surface area contributed by atoms with Crippen molar-refractivity contribution in [3.05, 3.63) is 0 Å². The highest BCUT2D eigenvalue weighted by atomic mass is 16.3. The van der Waals surface area contributed by atoms with Gasteiger partial charge in [0.2, 0.25) is 0 Å². The monoisotopic (exact) mass is 284 g/mol. The molecule has 0 saturated heterocycles. The fourth-order valence-electron chi connectivity index (χ4n) is 3.02. The van der Waals surface area contributed by atoms with E-state index in [0.29, 0.717) is 5.92 Å². The second-order valence-electron chi connectivity index (χ2n) is 7.11. The molecule has 0 heterocycles. The van der Waals surface area contributed by atoms with Crippen LogP contribution in [0.4, 0.5) is 0 Å². The summed E-state index contributed by atoms with van der Waals surface area (Å²) in [5, 5.41) is 10.3. The minimum atomic E-state index is -0.492. The van der Waals surface area contributed by atoms with E-state index in [1.807, 2.05) is 13.8 Å².